The van der Waals surface area contributed by atoms with Crippen LogP contribution in [0.2, 0.25) is 0 Å². The van der Waals surface area contributed by atoms with Gasteiger partial charge in [-0.25, -0.2) is 8.42 Å². The van der Waals surface area contributed by atoms with E-state index in [-0.39, 0.29) is 28.8 Å². The second-order valence-corrected chi connectivity index (χ2v) is 7.66. The fourth-order valence-corrected chi connectivity index (χ4v) is 5.52. The zero-order valence-corrected chi connectivity index (χ0v) is 11.8. The fourth-order valence-electron chi connectivity index (χ4n) is 3.49. The van der Waals surface area contributed by atoms with Gasteiger partial charge in [-0.1, -0.05) is 18.2 Å². The van der Waals surface area contributed by atoms with Gasteiger partial charge in [-0.3, -0.25) is 9.59 Å². The summed E-state index contributed by atoms with van der Waals surface area (Å²) in [7, 11) is -3.76. The van der Waals surface area contributed by atoms with E-state index in [9.17, 15) is 18.0 Å². The molecule has 0 heterocycles. The second kappa shape index (κ2) is 4.81. The van der Waals surface area contributed by atoms with Crippen LogP contribution in [0, 0.1) is 11.8 Å². The van der Waals surface area contributed by atoms with E-state index >= 15 is 0 Å². The summed E-state index contributed by atoms with van der Waals surface area (Å²) >= 11 is 0. The number of carbonyl (C=O) groups excluding carboxylic acids is 2. The zero-order valence-electron chi connectivity index (χ0n) is 11.0. The minimum atomic E-state index is -3.76. The molecule has 2 aliphatic carbocycles. The summed E-state index contributed by atoms with van der Waals surface area (Å²) in [5, 5.41) is -1.16. The molecule has 2 fully saturated rings. The maximum Gasteiger partial charge on any atom is 0.189 e. The Morgan fingerprint density at radius 2 is 1.70 bits per heavy atom. The van der Waals surface area contributed by atoms with Gasteiger partial charge in [0.1, 0.15) is 11.0 Å². The van der Waals surface area contributed by atoms with Crippen LogP contribution in [-0.4, -0.2) is 25.2 Å². The largest absolute Gasteiger partial charge is 0.299 e. The lowest BCUT2D eigenvalue weighted by atomic mass is 9.81. The molecule has 20 heavy (non-hydrogen) atoms. The number of hydrogen-bond acceptors (Lipinski definition) is 4. The summed E-state index contributed by atoms with van der Waals surface area (Å²) in [5.74, 6) is -1.05. The van der Waals surface area contributed by atoms with Gasteiger partial charge in [0.2, 0.25) is 0 Å². The standard InChI is InChI=1S/C15H16O4S/c16-12-8-4-5-10-9-13(17)15(14(10)12)20(18,19)11-6-2-1-3-7-11/h1-3,6-7,10,14-15H,4-5,8-9H2. The molecule has 0 N–H and O–H groups in total. The van der Waals surface area contributed by atoms with Gasteiger partial charge in [-0.05, 0) is 30.9 Å². The van der Waals surface area contributed by atoms with E-state index in [1.807, 2.05) is 0 Å². The first-order valence-electron chi connectivity index (χ1n) is 6.86. The number of carbonyl (C=O) groups is 2. The van der Waals surface area contributed by atoms with Crippen LogP contribution in [0.3, 0.4) is 0 Å². The first kappa shape index (κ1) is 13.5. The molecule has 2 saturated carbocycles. The molecule has 1 aromatic carbocycles. The summed E-state index contributed by atoms with van der Waals surface area (Å²) in [5.41, 5.74) is 0. The van der Waals surface area contributed by atoms with Gasteiger partial charge in [-0.2, -0.15) is 0 Å². The molecule has 0 radical (unpaired) electrons. The number of hydrogen-bond donors (Lipinski definition) is 0. The lowest BCUT2D eigenvalue weighted by Crippen LogP contribution is -2.38. The third-order valence-corrected chi connectivity index (χ3v) is 6.54. The third kappa shape index (κ3) is 2.00. The molecule has 4 nitrogen and oxygen atoms in total. The molecule has 3 unspecified atom stereocenters. The van der Waals surface area contributed by atoms with Crippen molar-refractivity contribution in [3.8, 4) is 0 Å². The van der Waals surface area contributed by atoms with Crippen molar-refractivity contribution in [2.24, 2.45) is 11.8 Å². The topological polar surface area (TPSA) is 68.3 Å². The molecule has 0 spiro atoms. The maximum atomic E-state index is 12.7. The van der Waals surface area contributed by atoms with Gasteiger partial charge in [0.05, 0.1) is 4.90 Å². The van der Waals surface area contributed by atoms with Crippen LogP contribution in [0.15, 0.2) is 35.2 Å². The van der Waals surface area contributed by atoms with E-state index in [0.29, 0.717) is 6.42 Å². The van der Waals surface area contributed by atoms with E-state index < -0.39 is 21.0 Å². The van der Waals surface area contributed by atoms with Crippen molar-refractivity contribution in [3.05, 3.63) is 30.3 Å². The highest BCUT2D eigenvalue weighted by atomic mass is 32.2. The SMILES string of the molecule is O=C1CCCC2CC(=O)C(S(=O)(=O)c3ccccc3)C12. The van der Waals surface area contributed by atoms with E-state index in [2.05, 4.69) is 0 Å². The van der Waals surface area contributed by atoms with Crippen LogP contribution in [0.4, 0.5) is 0 Å². The van der Waals surface area contributed by atoms with Crippen LogP contribution >= 0.6 is 0 Å². The number of rotatable bonds is 2. The molecule has 3 atom stereocenters. The molecule has 5 heteroatoms. The van der Waals surface area contributed by atoms with Crippen molar-refractivity contribution >= 4 is 21.4 Å². The van der Waals surface area contributed by atoms with Gasteiger partial charge in [0, 0.05) is 18.8 Å². The molecule has 0 aromatic heterocycles. The molecular weight excluding hydrogens is 276 g/mol. The highest BCUT2D eigenvalue weighted by Crippen LogP contribution is 2.43. The highest BCUT2D eigenvalue weighted by molar-refractivity contribution is 7.93. The Labute approximate surface area is 118 Å². The van der Waals surface area contributed by atoms with Crippen LogP contribution in [0.25, 0.3) is 0 Å². The van der Waals surface area contributed by atoms with Crippen LogP contribution in [-0.2, 0) is 19.4 Å². The molecule has 2 aliphatic rings. The predicted molar refractivity (Wildman–Crippen MR) is 72.9 cm³/mol. The van der Waals surface area contributed by atoms with Gasteiger partial charge < -0.3 is 0 Å². The number of benzene rings is 1. The molecule has 0 saturated heterocycles. The van der Waals surface area contributed by atoms with Gasteiger partial charge >= 0.3 is 0 Å². The maximum absolute atomic E-state index is 12.7. The van der Waals surface area contributed by atoms with Gasteiger partial charge in [0.15, 0.2) is 15.6 Å². The van der Waals surface area contributed by atoms with Crippen LogP contribution < -0.4 is 0 Å². The molecule has 0 amide bonds. The summed E-state index contributed by atoms with van der Waals surface area (Å²) in [4.78, 5) is 24.4. The monoisotopic (exact) mass is 292 g/mol. The quantitative estimate of drug-likeness (QED) is 0.833. The van der Waals surface area contributed by atoms with Crippen molar-refractivity contribution in [1.82, 2.24) is 0 Å². The van der Waals surface area contributed by atoms with E-state index in [0.717, 1.165) is 12.8 Å². The number of ketones is 2. The Morgan fingerprint density at radius 1 is 1.00 bits per heavy atom. The van der Waals surface area contributed by atoms with Crippen LogP contribution in [0.1, 0.15) is 25.7 Å². The smallest absolute Gasteiger partial charge is 0.189 e. The number of Topliss-reactive ketones (excluding diaryl/α,β-unsaturated/α-hetero) is 2. The third-order valence-electron chi connectivity index (χ3n) is 4.39. The molecular formula is C15H16O4S. The number of fused-ring (bicyclic) bond motifs is 1. The molecule has 1 aromatic rings. The summed E-state index contributed by atoms with van der Waals surface area (Å²) in [6.45, 7) is 0. The van der Waals surface area contributed by atoms with E-state index in [4.69, 9.17) is 0 Å². The summed E-state index contributed by atoms with van der Waals surface area (Å²) in [6.07, 6.45) is 2.18. The zero-order chi connectivity index (χ0) is 14.3. The minimum Gasteiger partial charge on any atom is -0.299 e. The van der Waals surface area contributed by atoms with Gasteiger partial charge in [0.25, 0.3) is 0 Å². The fraction of sp³-hybridized carbons (Fsp3) is 0.467. The average Bonchev–Trinajstić information content (AvgIpc) is 2.78. The second-order valence-electron chi connectivity index (χ2n) is 5.59. The van der Waals surface area contributed by atoms with Crippen LogP contribution in [0.5, 0.6) is 0 Å². The Bertz CT molecular complexity index is 648. The van der Waals surface area contributed by atoms with Crippen molar-refractivity contribution in [2.75, 3.05) is 0 Å². The van der Waals surface area contributed by atoms with Crippen molar-refractivity contribution in [3.63, 3.8) is 0 Å². The van der Waals surface area contributed by atoms with Crippen molar-refractivity contribution < 1.29 is 18.0 Å². The summed E-state index contributed by atoms with van der Waals surface area (Å²) in [6, 6.07) is 7.97. The Balaban J connectivity index is 2.04. The normalized spacial score (nSPS) is 30.3. The van der Waals surface area contributed by atoms with Crippen molar-refractivity contribution in [2.45, 2.75) is 35.8 Å². The Kier molecular flexibility index (Phi) is 3.24. The predicted octanol–water partition coefficient (Wildman–Crippen LogP) is 1.79. The number of sulfone groups is 1. The molecule has 3 rings (SSSR count). The molecule has 106 valence electrons. The Morgan fingerprint density at radius 3 is 2.40 bits per heavy atom. The average molecular weight is 292 g/mol. The molecule has 0 aliphatic heterocycles. The lowest BCUT2D eigenvalue weighted by Gasteiger charge is -2.26. The molecule has 0 bridgehead atoms. The minimum absolute atomic E-state index is 0.0587. The van der Waals surface area contributed by atoms with Crippen molar-refractivity contribution in [1.29, 1.82) is 0 Å². The summed E-state index contributed by atoms with van der Waals surface area (Å²) < 4.78 is 25.3. The highest BCUT2D eigenvalue weighted by Gasteiger charge is 2.53. The first-order chi connectivity index (χ1) is 9.51. The van der Waals surface area contributed by atoms with E-state index in [1.165, 1.54) is 12.1 Å². The van der Waals surface area contributed by atoms with E-state index in [1.54, 1.807) is 18.2 Å². The van der Waals surface area contributed by atoms with Gasteiger partial charge in [-0.15, -0.1) is 0 Å². The lowest BCUT2D eigenvalue weighted by molar-refractivity contribution is -0.126. The Hall–Kier alpha value is -1.49. The first-order valence-corrected chi connectivity index (χ1v) is 8.41.